The van der Waals surface area contributed by atoms with Crippen molar-refractivity contribution in [3.63, 3.8) is 0 Å². The first-order chi connectivity index (χ1) is 17.0. The topological polar surface area (TPSA) is 103 Å². The van der Waals surface area contributed by atoms with Crippen molar-refractivity contribution in [2.45, 2.75) is 39.2 Å². The van der Waals surface area contributed by atoms with Gasteiger partial charge in [0.15, 0.2) is 17.4 Å². The van der Waals surface area contributed by atoms with Gasteiger partial charge in [0.05, 0.1) is 37.9 Å². The monoisotopic (exact) mass is 481 g/mol. The van der Waals surface area contributed by atoms with Crippen LogP contribution in [-0.2, 0) is 14.3 Å². The molecule has 9 nitrogen and oxygen atoms in total. The Bertz CT molecular complexity index is 1210. The number of hydrogen-bond acceptors (Lipinski definition) is 7. The zero-order chi connectivity index (χ0) is 25.1. The van der Waals surface area contributed by atoms with Gasteiger partial charge in [-0.15, -0.1) is 0 Å². The highest BCUT2D eigenvalue weighted by Gasteiger charge is 2.48. The van der Waals surface area contributed by atoms with Gasteiger partial charge in [-0.05, 0) is 43.2 Å². The summed E-state index contributed by atoms with van der Waals surface area (Å²) in [7, 11) is 2.86. The van der Waals surface area contributed by atoms with Gasteiger partial charge in [0.1, 0.15) is 0 Å². The normalized spacial score (nSPS) is 17.4. The zero-order valence-corrected chi connectivity index (χ0v) is 20.5. The molecule has 0 saturated heterocycles. The molecule has 2 aromatic carbocycles. The minimum absolute atomic E-state index is 0.144. The summed E-state index contributed by atoms with van der Waals surface area (Å²) in [4.78, 5) is 33.6. The van der Waals surface area contributed by atoms with Crippen molar-refractivity contribution in [1.29, 1.82) is 0 Å². The summed E-state index contributed by atoms with van der Waals surface area (Å²) < 4.78 is 18.0. The third-order valence-corrected chi connectivity index (χ3v) is 6.31. The van der Waals surface area contributed by atoms with Crippen molar-refractivity contribution in [3.8, 4) is 17.2 Å². The predicted molar refractivity (Wildman–Crippen MR) is 131 cm³/mol. The lowest BCUT2D eigenvalue weighted by Crippen LogP contribution is -2.50. The molecule has 9 heteroatoms. The van der Waals surface area contributed by atoms with E-state index >= 15 is 0 Å². The molecule has 1 amide bonds. The van der Waals surface area contributed by atoms with Crippen LogP contribution in [0.25, 0.3) is 11.0 Å². The molecule has 35 heavy (non-hydrogen) atoms. The van der Waals surface area contributed by atoms with Gasteiger partial charge in [0.25, 0.3) is 0 Å². The zero-order valence-electron chi connectivity index (χ0n) is 20.5. The highest BCUT2D eigenvalue weighted by Crippen LogP contribution is 2.46. The van der Waals surface area contributed by atoms with Crippen LogP contribution in [0.3, 0.4) is 0 Å². The quantitative estimate of drug-likeness (QED) is 0.279. The summed E-state index contributed by atoms with van der Waals surface area (Å²) in [6.07, 6.45) is 2.73. The van der Waals surface area contributed by atoms with Gasteiger partial charge in [-0.2, -0.15) is 0 Å². The summed E-state index contributed by atoms with van der Waals surface area (Å²) in [6.45, 7) is 4.39. The van der Waals surface area contributed by atoms with Crippen LogP contribution in [0.2, 0.25) is 0 Å². The van der Waals surface area contributed by atoms with E-state index in [0.717, 1.165) is 24.8 Å². The Labute approximate surface area is 204 Å². The molecule has 1 aromatic heterocycles. The Morgan fingerprint density at radius 3 is 2.40 bits per heavy atom. The van der Waals surface area contributed by atoms with E-state index in [1.165, 1.54) is 14.2 Å². The van der Waals surface area contributed by atoms with Gasteiger partial charge >= 0.3 is 5.97 Å². The van der Waals surface area contributed by atoms with Crippen LogP contribution >= 0.6 is 0 Å². The van der Waals surface area contributed by atoms with Crippen LogP contribution in [0.15, 0.2) is 36.4 Å². The highest BCUT2D eigenvalue weighted by molar-refractivity contribution is 6.08. The summed E-state index contributed by atoms with van der Waals surface area (Å²) in [5, 5.41) is 10.5. The van der Waals surface area contributed by atoms with Gasteiger partial charge in [0.2, 0.25) is 17.6 Å². The van der Waals surface area contributed by atoms with Gasteiger partial charge in [-0.25, -0.2) is 4.98 Å². The second-order valence-corrected chi connectivity index (χ2v) is 8.42. The maximum absolute atomic E-state index is 13.9. The molecule has 0 aliphatic carbocycles. The number of hydrogen-bond donors (Lipinski definition) is 1. The summed E-state index contributed by atoms with van der Waals surface area (Å²) in [6, 6.07) is 10.0. The van der Waals surface area contributed by atoms with Crippen LogP contribution in [0, 0.1) is 5.92 Å². The van der Waals surface area contributed by atoms with Crippen LogP contribution in [0.5, 0.6) is 17.2 Å². The molecule has 3 aromatic rings. The molecular formula is C26H31N3O6. The number of carbonyl (C=O) groups excluding carboxylic acids is 2. The van der Waals surface area contributed by atoms with E-state index in [1.54, 1.807) is 24.0 Å². The smallest absolute Gasteiger partial charge is 0.321 e. The maximum atomic E-state index is 13.9. The van der Waals surface area contributed by atoms with Crippen molar-refractivity contribution in [2.75, 3.05) is 32.3 Å². The van der Waals surface area contributed by atoms with E-state index < -0.39 is 17.9 Å². The Hall–Kier alpha value is -3.75. The number of methoxy groups -OCH3 is 2. The minimum atomic E-state index is -1.15. The van der Waals surface area contributed by atoms with Crippen LogP contribution in [-0.4, -0.2) is 53.9 Å². The number of phenolic OH excluding ortho intramolecular Hbond substituents is 1. The van der Waals surface area contributed by atoms with Gasteiger partial charge in [0, 0.05) is 6.54 Å². The molecule has 4 rings (SSSR count). The Morgan fingerprint density at radius 1 is 1.09 bits per heavy atom. The first kappa shape index (κ1) is 24.4. The fraction of sp³-hybridized carbons (Fsp3) is 0.423. The standard InChI is InChI=1S/C26H31N3O6/c1-5-7-10-13-28-24(31)21(25(32)35-6-2)22(16-14-19(33-3)23(30)20(15-16)34-4)29-18-12-9-8-11-17(18)27-26(28)29/h8-9,11-12,14-15,21-22,30H,5-7,10,13H2,1-4H3/t21-,22-/m0/s1. The van der Waals surface area contributed by atoms with Crippen LogP contribution in [0.1, 0.15) is 44.7 Å². The largest absolute Gasteiger partial charge is 0.502 e. The molecule has 0 fully saturated rings. The maximum Gasteiger partial charge on any atom is 0.321 e. The van der Waals surface area contributed by atoms with E-state index in [2.05, 4.69) is 6.92 Å². The van der Waals surface area contributed by atoms with E-state index in [0.29, 0.717) is 23.6 Å². The number of rotatable bonds is 9. The Kier molecular flexibility index (Phi) is 7.14. The van der Waals surface area contributed by atoms with Gasteiger partial charge < -0.3 is 23.9 Å². The van der Waals surface area contributed by atoms with Crippen molar-refractivity contribution in [3.05, 3.63) is 42.0 Å². The van der Waals surface area contributed by atoms with Crippen molar-refractivity contribution in [2.24, 2.45) is 5.92 Å². The number of imidazole rings is 1. The SMILES string of the molecule is CCCCCN1C(=O)[C@@H](C(=O)OCC)[C@H](c2cc(OC)c(O)c(OC)c2)n2c1nc1ccccc12. The number of unbranched alkanes of at least 4 members (excludes halogenated alkanes) is 2. The third-order valence-electron chi connectivity index (χ3n) is 6.31. The predicted octanol–water partition coefficient (Wildman–Crippen LogP) is 4.06. The lowest BCUT2D eigenvalue weighted by Gasteiger charge is -2.38. The number of aromatic nitrogens is 2. The molecule has 1 aliphatic rings. The average molecular weight is 482 g/mol. The number of ether oxygens (including phenoxy) is 3. The third kappa shape index (κ3) is 4.26. The molecule has 1 aliphatic heterocycles. The lowest BCUT2D eigenvalue weighted by molar-refractivity contribution is -0.153. The number of phenols is 1. The average Bonchev–Trinajstić information content (AvgIpc) is 3.24. The molecule has 0 unspecified atom stereocenters. The number of benzene rings is 2. The number of para-hydroxylation sites is 2. The first-order valence-corrected chi connectivity index (χ1v) is 11.9. The second-order valence-electron chi connectivity index (χ2n) is 8.42. The molecule has 186 valence electrons. The second kappa shape index (κ2) is 10.2. The number of carbonyl (C=O) groups is 2. The first-order valence-electron chi connectivity index (χ1n) is 11.9. The van der Waals surface area contributed by atoms with Crippen molar-refractivity contribution in [1.82, 2.24) is 9.55 Å². The van der Waals surface area contributed by atoms with Crippen molar-refractivity contribution < 1.29 is 28.9 Å². The molecular weight excluding hydrogens is 450 g/mol. The fourth-order valence-electron chi connectivity index (χ4n) is 4.66. The van der Waals surface area contributed by atoms with Crippen molar-refractivity contribution >= 4 is 28.9 Å². The number of aromatic hydroxyl groups is 1. The molecule has 0 bridgehead atoms. The van der Waals surface area contributed by atoms with E-state index in [9.17, 15) is 14.7 Å². The molecule has 2 atom stereocenters. The minimum Gasteiger partial charge on any atom is -0.502 e. The van der Waals surface area contributed by atoms with Gasteiger partial charge in [-0.1, -0.05) is 31.9 Å². The number of esters is 1. The molecule has 0 spiro atoms. The molecule has 0 saturated carbocycles. The van der Waals surface area contributed by atoms with Gasteiger partial charge in [-0.3, -0.25) is 14.5 Å². The number of amides is 1. The Morgan fingerprint density at radius 2 is 1.77 bits per heavy atom. The van der Waals surface area contributed by atoms with E-state index in [1.807, 2.05) is 28.8 Å². The van der Waals surface area contributed by atoms with Crippen LogP contribution in [0.4, 0.5) is 5.95 Å². The summed E-state index contributed by atoms with van der Waals surface area (Å²) in [5.41, 5.74) is 2.05. The molecule has 0 radical (unpaired) electrons. The van der Waals surface area contributed by atoms with Crippen LogP contribution < -0.4 is 14.4 Å². The lowest BCUT2D eigenvalue weighted by atomic mass is 9.89. The van der Waals surface area contributed by atoms with E-state index in [4.69, 9.17) is 19.2 Å². The number of anilines is 1. The van der Waals surface area contributed by atoms with E-state index in [-0.39, 0.29) is 29.8 Å². The number of fused-ring (bicyclic) bond motifs is 3. The summed E-state index contributed by atoms with van der Waals surface area (Å²) >= 11 is 0. The number of nitrogens with zero attached hydrogens (tertiary/aromatic N) is 3. The highest BCUT2D eigenvalue weighted by atomic mass is 16.5. The molecule has 2 heterocycles. The Balaban J connectivity index is 1.99. The molecule has 1 N–H and O–H groups in total. The fourth-order valence-corrected chi connectivity index (χ4v) is 4.66. The summed E-state index contributed by atoms with van der Waals surface area (Å²) in [5.74, 6) is -1.47.